The summed E-state index contributed by atoms with van der Waals surface area (Å²) in [5.74, 6) is -0.00481. The molecule has 0 spiro atoms. The van der Waals surface area contributed by atoms with Crippen molar-refractivity contribution in [1.82, 2.24) is 4.98 Å². The van der Waals surface area contributed by atoms with Crippen LogP contribution in [0, 0.1) is 40.5 Å². The van der Waals surface area contributed by atoms with Gasteiger partial charge in [-0.25, -0.2) is 4.98 Å². The number of anilines is 3. The van der Waals surface area contributed by atoms with Crippen LogP contribution in [0.2, 0.25) is 0 Å². The molecule has 218 valence electrons. The van der Waals surface area contributed by atoms with E-state index in [1.807, 2.05) is 0 Å². The summed E-state index contributed by atoms with van der Waals surface area (Å²) in [7, 11) is 0. The summed E-state index contributed by atoms with van der Waals surface area (Å²) in [6.45, 7) is 0. The summed E-state index contributed by atoms with van der Waals surface area (Å²) < 4.78 is 0. The molecule has 0 atom stereocenters. The number of nitro groups is 4. The zero-order valence-corrected chi connectivity index (χ0v) is 22.3. The second kappa shape index (κ2) is 11.6. The van der Waals surface area contributed by atoms with E-state index in [9.17, 15) is 40.5 Å². The minimum Gasteiger partial charge on any atom is -0.383 e. The minimum atomic E-state index is -0.555. The SMILES string of the molecule is Nc1nc(-c2ccc([N+](=O)[O-])cc2)c(Nc2ccc([N+](=O)[O-])cc2)c(-c2ccc([N+](=O)[O-])cc2)c1-c1ccc([N+](=O)[O-])cc1. The van der Waals surface area contributed by atoms with E-state index in [2.05, 4.69) is 10.3 Å². The van der Waals surface area contributed by atoms with Crippen LogP contribution in [0.1, 0.15) is 0 Å². The first-order valence-corrected chi connectivity index (χ1v) is 12.6. The van der Waals surface area contributed by atoms with Crippen molar-refractivity contribution in [3.8, 4) is 33.5 Å². The van der Waals surface area contributed by atoms with Crippen LogP contribution in [0.5, 0.6) is 0 Å². The Morgan fingerprint density at radius 3 is 1.23 bits per heavy atom. The van der Waals surface area contributed by atoms with Gasteiger partial charge in [0.2, 0.25) is 0 Å². The molecule has 0 fully saturated rings. The Morgan fingerprint density at radius 1 is 0.500 bits per heavy atom. The number of nitro benzene ring substituents is 4. The van der Waals surface area contributed by atoms with Crippen LogP contribution in [0.3, 0.4) is 0 Å². The van der Waals surface area contributed by atoms with Crippen molar-refractivity contribution >= 4 is 39.9 Å². The number of nitrogens with zero attached hydrogens (tertiary/aromatic N) is 5. The van der Waals surface area contributed by atoms with Crippen molar-refractivity contribution in [1.29, 1.82) is 0 Å². The van der Waals surface area contributed by atoms with Crippen molar-refractivity contribution < 1.29 is 19.7 Å². The molecule has 15 heteroatoms. The zero-order chi connectivity index (χ0) is 31.5. The van der Waals surface area contributed by atoms with Crippen LogP contribution >= 0.6 is 0 Å². The number of nitrogen functional groups attached to an aromatic ring is 1. The van der Waals surface area contributed by atoms with Gasteiger partial charge >= 0.3 is 0 Å². The lowest BCUT2D eigenvalue weighted by molar-refractivity contribution is -0.385. The van der Waals surface area contributed by atoms with Crippen molar-refractivity contribution in [2.75, 3.05) is 11.1 Å². The fourth-order valence-electron chi connectivity index (χ4n) is 4.57. The number of pyridine rings is 1. The molecule has 0 aliphatic heterocycles. The van der Waals surface area contributed by atoms with Gasteiger partial charge in [-0.05, 0) is 59.7 Å². The molecular formula is C29H19N7O8. The van der Waals surface area contributed by atoms with Crippen LogP contribution < -0.4 is 11.1 Å². The number of non-ortho nitro benzene ring substituents is 4. The van der Waals surface area contributed by atoms with Crippen molar-refractivity contribution in [2.45, 2.75) is 0 Å². The molecule has 0 aliphatic carbocycles. The molecule has 1 heterocycles. The predicted octanol–water partition coefficient (Wildman–Crippen LogP) is 7.04. The Hall–Kier alpha value is -6.77. The Morgan fingerprint density at radius 2 is 0.841 bits per heavy atom. The standard InChI is InChI=1S/C29H19N7O8/c30-29-26(18-3-11-22(12-4-18)34(39)40)25(17-1-9-21(10-2-17)33(37)38)28(31-20-7-15-24(16-8-20)36(43)44)27(32-29)19-5-13-23(14-6-19)35(41)42/h1-16,31H,(H2,30,32). The van der Waals surface area contributed by atoms with Crippen LogP contribution in [0.4, 0.5) is 39.9 Å². The smallest absolute Gasteiger partial charge is 0.269 e. The lowest BCUT2D eigenvalue weighted by Crippen LogP contribution is -2.06. The molecular weight excluding hydrogens is 574 g/mol. The lowest BCUT2D eigenvalue weighted by atomic mass is 9.91. The van der Waals surface area contributed by atoms with Crippen molar-refractivity contribution in [2.24, 2.45) is 0 Å². The predicted molar refractivity (Wildman–Crippen MR) is 161 cm³/mol. The molecule has 1 aromatic heterocycles. The van der Waals surface area contributed by atoms with Crippen LogP contribution in [-0.4, -0.2) is 24.7 Å². The summed E-state index contributed by atoms with van der Waals surface area (Å²) >= 11 is 0. The molecule has 0 aliphatic rings. The van der Waals surface area contributed by atoms with E-state index in [0.29, 0.717) is 39.2 Å². The van der Waals surface area contributed by atoms with E-state index in [4.69, 9.17) is 5.73 Å². The first-order chi connectivity index (χ1) is 21.0. The molecule has 3 N–H and O–H groups in total. The average Bonchev–Trinajstić information content (AvgIpc) is 3.02. The van der Waals surface area contributed by atoms with E-state index in [1.165, 1.54) is 97.1 Å². The summed E-state index contributed by atoms with van der Waals surface area (Å²) in [5, 5.41) is 48.4. The maximum Gasteiger partial charge on any atom is 0.269 e. The van der Waals surface area contributed by atoms with E-state index >= 15 is 0 Å². The Labute approximate surface area is 246 Å². The molecule has 4 aromatic carbocycles. The molecule has 0 saturated heterocycles. The average molecular weight is 594 g/mol. The highest BCUT2D eigenvalue weighted by molar-refractivity contribution is 6.02. The van der Waals surface area contributed by atoms with E-state index in [1.54, 1.807) is 0 Å². The molecule has 0 saturated carbocycles. The molecule has 15 nitrogen and oxygen atoms in total. The second-order valence-corrected chi connectivity index (χ2v) is 9.31. The van der Waals surface area contributed by atoms with Gasteiger partial charge in [0.1, 0.15) is 5.82 Å². The van der Waals surface area contributed by atoms with Gasteiger partial charge in [0.15, 0.2) is 0 Å². The zero-order valence-electron chi connectivity index (χ0n) is 22.3. The van der Waals surface area contributed by atoms with E-state index in [0.717, 1.165) is 0 Å². The maximum absolute atomic E-state index is 11.4. The Bertz CT molecular complexity index is 1930. The van der Waals surface area contributed by atoms with Crippen molar-refractivity contribution in [3.05, 3.63) is 138 Å². The number of nitrogens with two attached hydrogens (primary N) is 1. The molecule has 5 aromatic rings. The van der Waals surface area contributed by atoms with E-state index in [-0.39, 0.29) is 34.3 Å². The third kappa shape index (κ3) is 5.68. The number of rotatable bonds is 9. The van der Waals surface area contributed by atoms with E-state index < -0.39 is 19.7 Å². The maximum atomic E-state index is 11.4. The highest BCUT2D eigenvalue weighted by atomic mass is 16.6. The summed E-state index contributed by atoms with van der Waals surface area (Å²) in [5.41, 5.74) is 8.89. The second-order valence-electron chi connectivity index (χ2n) is 9.31. The van der Waals surface area contributed by atoms with Gasteiger partial charge in [-0.3, -0.25) is 40.5 Å². The molecule has 0 unspecified atom stereocenters. The third-order valence-electron chi connectivity index (χ3n) is 6.66. The van der Waals surface area contributed by atoms with Gasteiger partial charge in [-0.1, -0.05) is 0 Å². The number of benzene rings is 4. The molecule has 0 bridgehead atoms. The monoisotopic (exact) mass is 593 g/mol. The normalized spacial score (nSPS) is 10.6. The first kappa shape index (κ1) is 28.7. The topological polar surface area (TPSA) is 223 Å². The largest absolute Gasteiger partial charge is 0.383 e. The Kier molecular flexibility index (Phi) is 7.59. The number of hydrogen-bond donors (Lipinski definition) is 2. The number of hydrogen-bond acceptors (Lipinski definition) is 11. The third-order valence-corrected chi connectivity index (χ3v) is 6.66. The minimum absolute atomic E-state index is 0.00481. The van der Waals surface area contributed by atoms with Crippen molar-refractivity contribution in [3.63, 3.8) is 0 Å². The van der Waals surface area contributed by atoms with Gasteiger partial charge in [0.25, 0.3) is 22.7 Å². The summed E-state index contributed by atoms with van der Waals surface area (Å²) in [6.07, 6.45) is 0. The number of aromatic nitrogens is 1. The first-order valence-electron chi connectivity index (χ1n) is 12.6. The van der Waals surface area contributed by atoms with Gasteiger partial charge in [-0.15, -0.1) is 0 Å². The fraction of sp³-hybridized carbons (Fsp3) is 0. The summed E-state index contributed by atoms with van der Waals surface area (Å²) in [4.78, 5) is 47.6. The molecule has 44 heavy (non-hydrogen) atoms. The van der Waals surface area contributed by atoms with Crippen LogP contribution in [0.15, 0.2) is 97.1 Å². The Balaban J connectivity index is 1.83. The molecule has 0 radical (unpaired) electrons. The lowest BCUT2D eigenvalue weighted by Gasteiger charge is -2.22. The fourth-order valence-corrected chi connectivity index (χ4v) is 4.57. The van der Waals surface area contributed by atoms with Gasteiger partial charge in [0.05, 0.1) is 31.1 Å². The highest BCUT2D eigenvalue weighted by Gasteiger charge is 2.24. The van der Waals surface area contributed by atoms with Crippen LogP contribution in [0.25, 0.3) is 33.5 Å². The van der Waals surface area contributed by atoms with Crippen LogP contribution in [-0.2, 0) is 0 Å². The highest BCUT2D eigenvalue weighted by Crippen LogP contribution is 2.47. The summed E-state index contributed by atoms with van der Waals surface area (Å²) in [6, 6.07) is 22.2. The number of nitrogens with one attached hydrogen (secondary N) is 1. The molecule has 5 rings (SSSR count). The quantitative estimate of drug-likeness (QED) is 0.130. The molecule has 0 amide bonds. The van der Waals surface area contributed by atoms with Gasteiger partial charge in [0, 0.05) is 70.9 Å². The van der Waals surface area contributed by atoms with Gasteiger partial charge < -0.3 is 11.1 Å². The van der Waals surface area contributed by atoms with Gasteiger partial charge in [-0.2, -0.15) is 0 Å².